The van der Waals surface area contributed by atoms with Crippen molar-refractivity contribution >= 4 is 45.2 Å². The molecule has 4 rings (SSSR count). The highest BCUT2D eigenvalue weighted by atomic mass is 79.9. The summed E-state index contributed by atoms with van der Waals surface area (Å²) in [5.41, 5.74) is 8.27. The first-order valence-corrected chi connectivity index (χ1v) is 10.7. The van der Waals surface area contributed by atoms with Crippen molar-refractivity contribution < 1.29 is 29.5 Å². The van der Waals surface area contributed by atoms with Crippen molar-refractivity contribution in [1.82, 2.24) is 19.5 Å². The van der Waals surface area contributed by atoms with Crippen molar-refractivity contribution in [1.29, 1.82) is 0 Å². The number of halogens is 1. The number of methoxy groups -OCH3 is 2. The van der Waals surface area contributed by atoms with Gasteiger partial charge in [0.15, 0.2) is 28.9 Å². The predicted molar refractivity (Wildman–Crippen MR) is 124 cm³/mol. The molecule has 182 valence electrons. The van der Waals surface area contributed by atoms with Gasteiger partial charge in [0.05, 0.1) is 27.0 Å². The number of anilines is 2. The molecule has 0 saturated carbocycles. The Morgan fingerprint density at radius 1 is 1.29 bits per heavy atom. The molecular formula is C19H22BrN7O7. The number of aromatic amines is 1. The molecule has 0 aliphatic carbocycles. The van der Waals surface area contributed by atoms with Crippen molar-refractivity contribution in [3.05, 3.63) is 32.5 Å². The number of aliphatic hydroxyl groups excluding tert-OH is 3. The average Bonchev–Trinajstić information content (AvgIpc) is 3.31. The number of nitrogens with two attached hydrogens (primary N) is 1. The number of rotatable bonds is 7. The molecule has 3 heterocycles. The Kier molecular flexibility index (Phi) is 6.72. The second-order valence-corrected chi connectivity index (χ2v) is 8.11. The standard InChI is InChI=1S/C19H22BrN7O7/c1-32-9-3-7(8(20)4-10(9)33-2)5-22-26-19-23-12-15(24-18(21)25-16(12)31)27(19)17-14(30)13(29)11(6-28)34-17/h3-5,11,13-14,17,28-30H,6H2,1-2H3,(H,23,26)(H3,21,24,25,31)/b22-5-/t11-,13+,14-,17-/m0/s1. The molecule has 0 spiro atoms. The minimum absolute atomic E-state index is 0.0129. The van der Waals surface area contributed by atoms with Crippen LogP contribution in [0, 0.1) is 0 Å². The monoisotopic (exact) mass is 539 g/mol. The van der Waals surface area contributed by atoms with Gasteiger partial charge >= 0.3 is 0 Å². The Morgan fingerprint density at radius 2 is 2.00 bits per heavy atom. The van der Waals surface area contributed by atoms with E-state index in [1.807, 2.05) is 0 Å². The number of fused-ring (bicyclic) bond motifs is 1. The summed E-state index contributed by atoms with van der Waals surface area (Å²) in [7, 11) is 3.02. The molecule has 34 heavy (non-hydrogen) atoms. The second-order valence-electron chi connectivity index (χ2n) is 7.26. The smallest absolute Gasteiger partial charge is 0.280 e. The van der Waals surface area contributed by atoms with E-state index in [4.69, 9.17) is 19.9 Å². The second kappa shape index (κ2) is 9.55. The number of ether oxygens (including phenoxy) is 3. The van der Waals surface area contributed by atoms with E-state index < -0.39 is 36.7 Å². The first-order chi connectivity index (χ1) is 16.3. The van der Waals surface area contributed by atoms with Crippen LogP contribution in [0.25, 0.3) is 11.2 Å². The van der Waals surface area contributed by atoms with Crippen LogP contribution in [0.1, 0.15) is 11.8 Å². The van der Waals surface area contributed by atoms with Crippen LogP contribution in [0.4, 0.5) is 11.9 Å². The van der Waals surface area contributed by atoms with Gasteiger partial charge in [-0.25, -0.2) is 10.4 Å². The fourth-order valence-corrected chi connectivity index (χ4v) is 3.97. The number of aromatic nitrogens is 4. The molecule has 0 bridgehead atoms. The third-order valence-corrected chi connectivity index (χ3v) is 5.90. The molecule has 1 saturated heterocycles. The summed E-state index contributed by atoms with van der Waals surface area (Å²) < 4.78 is 18.1. The van der Waals surface area contributed by atoms with Crippen LogP contribution in [0.5, 0.6) is 11.5 Å². The van der Waals surface area contributed by atoms with Gasteiger partial charge in [-0.3, -0.25) is 14.3 Å². The Morgan fingerprint density at radius 3 is 2.65 bits per heavy atom. The number of H-pyrrole nitrogens is 1. The number of imidazole rings is 1. The van der Waals surface area contributed by atoms with Crippen LogP contribution >= 0.6 is 15.9 Å². The predicted octanol–water partition coefficient (Wildman–Crippen LogP) is -0.461. The Labute approximate surface area is 200 Å². The highest BCUT2D eigenvalue weighted by Gasteiger charge is 2.45. The maximum absolute atomic E-state index is 12.4. The number of benzene rings is 1. The van der Waals surface area contributed by atoms with Gasteiger partial charge < -0.3 is 35.3 Å². The van der Waals surface area contributed by atoms with Gasteiger partial charge in [0.1, 0.15) is 18.3 Å². The normalized spacial score (nSPS) is 22.5. The molecule has 1 aromatic carbocycles. The summed E-state index contributed by atoms with van der Waals surface area (Å²) in [5, 5.41) is 34.3. The number of hydrogen-bond acceptors (Lipinski definition) is 12. The van der Waals surface area contributed by atoms with Crippen LogP contribution in [0.3, 0.4) is 0 Å². The summed E-state index contributed by atoms with van der Waals surface area (Å²) in [6.07, 6.45) is -3.68. The Bertz CT molecular complexity index is 1290. The lowest BCUT2D eigenvalue weighted by molar-refractivity contribution is -0.0501. The van der Waals surface area contributed by atoms with Crippen LogP contribution in [-0.4, -0.2) is 80.2 Å². The topological polar surface area (TPSA) is 202 Å². The van der Waals surface area contributed by atoms with E-state index in [1.54, 1.807) is 12.1 Å². The minimum Gasteiger partial charge on any atom is -0.493 e. The summed E-state index contributed by atoms with van der Waals surface area (Å²) in [6.45, 7) is -0.536. The van der Waals surface area contributed by atoms with Crippen LogP contribution in [0.15, 0.2) is 26.5 Å². The van der Waals surface area contributed by atoms with Gasteiger partial charge in [-0.05, 0) is 28.1 Å². The third kappa shape index (κ3) is 4.19. The van der Waals surface area contributed by atoms with E-state index in [0.29, 0.717) is 21.5 Å². The zero-order valence-electron chi connectivity index (χ0n) is 18.0. The lowest BCUT2D eigenvalue weighted by Crippen LogP contribution is -2.33. The lowest BCUT2D eigenvalue weighted by Gasteiger charge is -2.18. The number of aliphatic hydroxyl groups is 3. The molecule has 1 aliphatic rings. The maximum Gasteiger partial charge on any atom is 0.280 e. The van der Waals surface area contributed by atoms with E-state index in [1.165, 1.54) is 25.0 Å². The van der Waals surface area contributed by atoms with Crippen molar-refractivity contribution in [2.75, 3.05) is 32.0 Å². The largest absolute Gasteiger partial charge is 0.493 e. The zero-order chi connectivity index (χ0) is 24.6. The summed E-state index contributed by atoms with van der Waals surface area (Å²) in [4.78, 5) is 23.0. The van der Waals surface area contributed by atoms with Crippen LogP contribution in [0.2, 0.25) is 0 Å². The quantitative estimate of drug-likeness (QED) is 0.167. The number of hydrazone groups is 1. The number of nitrogens with zero attached hydrogens (tertiary/aromatic N) is 4. The van der Waals surface area contributed by atoms with E-state index >= 15 is 0 Å². The van der Waals surface area contributed by atoms with Gasteiger partial charge in [-0.2, -0.15) is 10.1 Å². The van der Waals surface area contributed by atoms with Gasteiger partial charge in [-0.15, -0.1) is 0 Å². The van der Waals surface area contributed by atoms with Crippen LogP contribution < -0.4 is 26.2 Å². The maximum atomic E-state index is 12.4. The summed E-state index contributed by atoms with van der Waals surface area (Å²) in [6, 6.07) is 3.40. The van der Waals surface area contributed by atoms with E-state index in [9.17, 15) is 20.1 Å². The molecular weight excluding hydrogens is 518 g/mol. The molecule has 14 nitrogen and oxygen atoms in total. The lowest BCUT2D eigenvalue weighted by atomic mass is 10.1. The molecule has 1 aliphatic heterocycles. The summed E-state index contributed by atoms with van der Waals surface area (Å²) in [5.74, 6) is 0.793. The number of hydrogen-bond donors (Lipinski definition) is 6. The average molecular weight is 540 g/mol. The number of nitrogen functional groups attached to an aromatic ring is 1. The fraction of sp³-hybridized carbons (Fsp3) is 0.368. The fourth-order valence-electron chi connectivity index (χ4n) is 3.54. The SMILES string of the molecule is COc1cc(Br)c(/C=N\Nc2nc3c(=O)[nH]c(N)nc3n2[C@H]2O[C@@H](CO)[C@@H](O)[C@@H]2O)cc1OC. The first-order valence-electron chi connectivity index (χ1n) is 9.89. The van der Waals surface area contributed by atoms with Gasteiger partial charge in [0, 0.05) is 10.0 Å². The van der Waals surface area contributed by atoms with E-state index in [2.05, 4.69) is 41.4 Å². The Hall–Kier alpha value is -3.24. The molecule has 0 radical (unpaired) electrons. The van der Waals surface area contributed by atoms with Crippen molar-refractivity contribution in [3.8, 4) is 11.5 Å². The van der Waals surface area contributed by atoms with Gasteiger partial charge in [0.2, 0.25) is 11.9 Å². The van der Waals surface area contributed by atoms with Crippen molar-refractivity contribution in [3.63, 3.8) is 0 Å². The third-order valence-electron chi connectivity index (χ3n) is 5.21. The van der Waals surface area contributed by atoms with E-state index in [-0.39, 0.29) is 23.1 Å². The molecule has 4 atom stereocenters. The molecule has 0 amide bonds. The highest BCUT2D eigenvalue weighted by molar-refractivity contribution is 9.10. The molecule has 3 aromatic rings. The van der Waals surface area contributed by atoms with Crippen molar-refractivity contribution in [2.45, 2.75) is 24.5 Å². The molecule has 2 aromatic heterocycles. The minimum atomic E-state index is -1.46. The van der Waals surface area contributed by atoms with Crippen LogP contribution in [-0.2, 0) is 4.74 Å². The molecule has 15 heteroatoms. The first kappa shape index (κ1) is 23.9. The van der Waals surface area contributed by atoms with Crippen molar-refractivity contribution in [2.24, 2.45) is 5.10 Å². The highest BCUT2D eigenvalue weighted by Crippen LogP contribution is 2.34. The molecule has 1 fully saturated rings. The molecule has 7 N–H and O–H groups in total. The van der Waals surface area contributed by atoms with Gasteiger partial charge in [-0.1, -0.05) is 0 Å². The Balaban J connectivity index is 1.74. The number of nitrogens with one attached hydrogen (secondary N) is 2. The van der Waals surface area contributed by atoms with E-state index in [0.717, 1.165) is 0 Å². The zero-order valence-corrected chi connectivity index (χ0v) is 19.6. The summed E-state index contributed by atoms with van der Waals surface area (Å²) >= 11 is 3.43. The van der Waals surface area contributed by atoms with Gasteiger partial charge in [0.25, 0.3) is 5.56 Å². The molecule has 0 unspecified atom stereocenters.